The molecule has 116 valence electrons. The lowest BCUT2D eigenvalue weighted by molar-refractivity contribution is 0.0589. The largest absolute Gasteiger partial charge is 0.464 e. The number of nitrogen functional groups attached to an aromatic ring is 1. The Morgan fingerprint density at radius 2 is 1.57 bits per heavy atom. The summed E-state index contributed by atoms with van der Waals surface area (Å²) >= 11 is 0. The fourth-order valence-corrected chi connectivity index (χ4v) is 2.66. The van der Waals surface area contributed by atoms with E-state index in [1.165, 1.54) is 7.11 Å². The Hall–Kier alpha value is -3.08. The van der Waals surface area contributed by atoms with Crippen LogP contribution in [0.25, 0.3) is 0 Å². The third-order valence-corrected chi connectivity index (χ3v) is 3.71. The zero-order chi connectivity index (χ0) is 16.2. The van der Waals surface area contributed by atoms with Crippen molar-refractivity contribution in [1.29, 1.82) is 0 Å². The predicted octanol–water partition coefficient (Wildman–Crippen LogP) is 2.89. The normalized spacial score (nSPS) is 10.7. The number of aromatic nitrogens is 2. The number of imidazole rings is 1. The number of carbonyl (C=O) groups excluding carboxylic acids is 1. The van der Waals surface area contributed by atoms with Gasteiger partial charge in [-0.05, 0) is 11.1 Å². The monoisotopic (exact) mass is 307 g/mol. The van der Waals surface area contributed by atoms with E-state index in [0.29, 0.717) is 0 Å². The number of methoxy groups -OCH3 is 1. The van der Waals surface area contributed by atoms with Crippen LogP contribution in [0.1, 0.15) is 27.7 Å². The van der Waals surface area contributed by atoms with E-state index >= 15 is 0 Å². The average molecular weight is 307 g/mol. The summed E-state index contributed by atoms with van der Waals surface area (Å²) in [5, 5.41) is 0. The molecule has 3 aromatic rings. The van der Waals surface area contributed by atoms with Crippen LogP contribution >= 0.6 is 0 Å². The van der Waals surface area contributed by atoms with Crippen LogP contribution in [0.4, 0.5) is 5.82 Å². The van der Waals surface area contributed by atoms with Crippen LogP contribution in [0.5, 0.6) is 0 Å². The Morgan fingerprint density at radius 1 is 1.04 bits per heavy atom. The Morgan fingerprint density at radius 3 is 2.04 bits per heavy atom. The van der Waals surface area contributed by atoms with E-state index in [1.807, 2.05) is 60.7 Å². The SMILES string of the molecule is COC(=O)c1c(N)ncn1C(c1ccccc1)c1ccccc1. The van der Waals surface area contributed by atoms with Gasteiger partial charge in [-0.2, -0.15) is 0 Å². The maximum Gasteiger partial charge on any atom is 0.358 e. The molecule has 0 radical (unpaired) electrons. The molecule has 0 bridgehead atoms. The Bertz CT molecular complexity index is 758. The van der Waals surface area contributed by atoms with Crippen molar-refractivity contribution in [2.75, 3.05) is 12.8 Å². The molecule has 3 rings (SSSR count). The number of anilines is 1. The summed E-state index contributed by atoms with van der Waals surface area (Å²) < 4.78 is 6.61. The predicted molar refractivity (Wildman–Crippen MR) is 88.1 cm³/mol. The van der Waals surface area contributed by atoms with Crippen LogP contribution in [0.3, 0.4) is 0 Å². The summed E-state index contributed by atoms with van der Waals surface area (Å²) in [6.07, 6.45) is 1.58. The highest BCUT2D eigenvalue weighted by Gasteiger charge is 2.25. The van der Waals surface area contributed by atoms with Crippen LogP contribution in [0.15, 0.2) is 67.0 Å². The number of nitrogens with two attached hydrogens (primary N) is 1. The topological polar surface area (TPSA) is 70.1 Å². The highest BCUT2D eigenvalue weighted by Crippen LogP contribution is 2.29. The fourth-order valence-electron chi connectivity index (χ4n) is 2.66. The zero-order valence-corrected chi connectivity index (χ0v) is 12.7. The molecule has 0 spiro atoms. The molecule has 2 N–H and O–H groups in total. The lowest BCUT2D eigenvalue weighted by Gasteiger charge is -2.21. The third kappa shape index (κ3) is 2.81. The molecule has 5 nitrogen and oxygen atoms in total. The van der Waals surface area contributed by atoms with Gasteiger partial charge >= 0.3 is 5.97 Å². The molecule has 0 saturated heterocycles. The molecular weight excluding hydrogens is 290 g/mol. The summed E-state index contributed by atoms with van der Waals surface area (Å²) in [4.78, 5) is 16.2. The van der Waals surface area contributed by atoms with E-state index in [9.17, 15) is 4.79 Å². The van der Waals surface area contributed by atoms with Gasteiger partial charge in [0.15, 0.2) is 11.5 Å². The minimum Gasteiger partial charge on any atom is -0.464 e. The number of ether oxygens (including phenoxy) is 1. The van der Waals surface area contributed by atoms with Gasteiger partial charge in [-0.3, -0.25) is 0 Å². The van der Waals surface area contributed by atoms with Crippen molar-refractivity contribution >= 4 is 11.8 Å². The molecule has 1 aromatic heterocycles. The lowest BCUT2D eigenvalue weighted by Crippen LogP contribution is -2.18. The lowest BCUT2D eigenvalue weighted by atomic mass is 9.98. The molecule has 0 aliphatic carbocycles. The average Bonchev–Trinajstić information content (AvgIpc) is 2.98. The molecule has 2 aromatic carbocycles. The molecule has 0 unspecified atom stereocenters. The van der Waals surface area contributed by atoms with Gasteiger partial charge in [-0.25, -0.2) is 9.78 Å². The minimum atomic E-state index is -0.503. The van der Waals surface area contributed by atoms with Crippen molar-refractivity contribution in [3.8, 4) is 0 Å². The molecule has 23 heavy (non-hydrogen) atoms. The summed E-state index contributed by atoms with van der Waals surface area (Å²) in [5.41, 5.74) is 8.19. The number of hydrogen-bond acceptors (Lipinski definition) is 4. The molecule has 0 aliphatic heterocycles. The number of nitrogens with zero attached hydrogens (tertiary/aromatic N) is 2. The van der Waals surface area contributed by atoms with Gasteiger partial charge in [0.1, 0.15) is 0 Å². The smallest absolute Gasteiger partial charge is 0.358 e. The third-order valence-electron chi connectivity index (χ3n) is 3.71. The van der Waals surface area contributed by atoms with E-state index < -0.39 is 5.97 Å². The van der Waals surface area contributed by atoms with E-state index in [-0.39, 0.29) is 17.6 Å². The minimum absolute atomic E-state index is 0.161. The Kier molecular flexibility index (Phi) is 4.10. The van der Waals surface area contributed by atoms with E-state index in [0.717, 1.165) is 11.1 Å². The quantitative estimate of drug-likeness (QED) is 0.752. The van der Waals surface area contributed by atoms with Gasteiger partial charge in [0.2, 0.25) is 0 Å². The summed E-state index contributed by atoms with van der Waals surface area (Å²) in [6, 6.07) is 19.6. The van der Waals surface area contributed by atoms with Crippen molar-refractivity contribution in [3.63, 3.8) is 0 Å². The first kappa shape index (κ1) is 14.8. The first-order valence-corrected chi connectivity index (χ1v) is 7.23. The van der Waals surface area contributed by atoms with Crippen molar-refractivity contribution in [3.05, 3.63) is 83.8 Å². The molecule has 1 heterocycles. The van der Waals surface area contributed by atoms with E-state index in [4.69, 9.17) is 10.5 Å². The zero-order valence-electron chi connectivity index (χ0n) is 12.7. The van der Waals surface area contributed by atoms with Gasteiger partial charge in [0, 0.05) is 0 Å². The number of benzene rings is 2. The highest BCUT2D eigenvalue weighted by molar-refractivity contribution is 5.92. The molecule has 5 heteroatoms. The summed E-state index contributed by atoms with van der Waals surface area (Å²) in [5.74, 6) is -0.342. The number of hydrogen-bond donors (Lipinski definition) is 1. The standard InChI is InChI=1S/C18H17N3O2/c1-23-18(22)16-17(19)20-12-21(16)15(13-8-4-2-5-9-13)14-10-6-3-7-11-14/h2-12,15H,19H2,1H3. The molecule has 0 atom stereocenters. The molecule has 0 fully saturated rings. The summed E-state index contributed by atoms with van der Waals surface area (Å²) in [6.45, 7) is 0. The first-order valence-electron chi connectivity index (χ1n) is 7.23. The first-order chi connectivity index (χ1) is 11.2. The van der Waals surface area contributed by atoms with E-state index in [2.05, 4.69) is 4.98 Å². The van der Waals surface area contributed by atoms with Crippen LogP contribution in [0, 0.1) is 0 Å². The molecule has 0 aliphatic rings. The van der Waals surface area contributed by atoms with Gasteiger partial charge in [-0.1, -0.05) is 60.7 Å². The van der Waals surface area contributed by atoms with Gasteiger partial charge < -0.3 is 15.0 Å². The fraction of sp³-hybridized carbons (Fsp3) is 0.111. The van der Waals surface area contributed by atoms with Crippen molar-refractivity contribution in [2.24, 2.45) is 0 Å². The van der Waals surface area contributed by atoms with Crippen molar-refractivity contribution < 1.29 is 9.53 Å². The molecular formula is C18H17N3O2. The maximum absolute atomic E-state index is 12.1. The van der Waals surface area contributed by atoms with Crippen molar-refractivity contribution in [2.45, 2.75) is 6.04 Å². The Labute approximate surface area is 134 Å². The van der Waals surface area contributed by atoms with Crippen LogP contribution in [-0.2, 0) is 4.74 Å². The maximum atomic E-state index is 12.1. The van der Waals surface area contributed by atoms with Gasteiger partial charge in [-0.15, -0.1) is 0 Å². The van der Waals surface area contributed by atoms with Crippen LogP contribution in [-0.4, -0.2) is 22.6 Å². The highest BCUT2D eigenvalue weighted by atomic mass is 16.5. The van der Waals surface area contributed by atoms with Gasteiger partial charge in [0.05, 0.1) is 19.5 Å². The van der Waals surface area contributed by atoms with Crippen molar-refractivity contribution in [1.82, 2.24) is 9.55 Å². The van der Waals surface area contributed by atoms with Gasteiger partial charge in [0.25, 0.3) is 0 Å². The molecule has 0 amide bonds. The summed E-state index contributed by atoms with van der Waals surface area (Å²) in [7, 11) is 1.33. The number of esters is 1. The van der Waals surface area contributed by atoms with Crippen LogP contribution in [0.2, 0.25) is 0 Å². The second-order valence-corrected chi connectivity index (χ2v) is 5.10. The Balaban J connectivity index is 2.20. The second kappa shape index (κ2) is 6.36. The second-order valence-electron chi connectivity index (χ2n) is 5.10. The molecule has 0 saturated carbocycles. The van der Waals surface area contributed by atoms with E-state index in [1.54, 1.807) is 10.9 Å². The number of carbonyl (C=O) groups is 1. The number of rotatable bonds is 4. The van der Waals surface area contributed by atoms with Crippen LogP contribution < -0.4 is 5.73 Å².